The number of hydrogen-bond acceptors (Lipinski definition) is 3. The van der Waals surface area contributed by atoms with Crippen molar-refractivity contribution in [3.8, 4) is 6.07 Å². The van der Waals surface area contributed by atoms with Crippen LogP contribution in [0.25, 0.3) is 0 Å². The highest BCUT2D eigenvalue weighted by Gasteiger charge is 1.91. The maximum absolute atomic E-state index is 8.20. The predicted octanol–water partition coefficient (Wildman–Crippen LogP) is 2.76. The molecule has 0 aromatic heterocycles. The van der Waals surface area contributed by atoms with E-state index in [1.165, 1.54) is 6.21 Å². The van der Waals surface area contributed by atoms with Crippen molar-refractivity contribution in [2.75, 3.05) is 0 Å². The molecule has 4 heteroatoms. The third kappa shape index (κ3) is 3.92. The van der Waals surface area contributed by atoms with Crippen molar-refractivity contribution in [3.63, 3.8) is 0 Å². The van der Waals surface area contributed by atoms with Crippen molar-refractivity contribution in [1.82, 2.24) is 0 Å². The third-order valence-electron chi connectivity index (χ3n) is 1.48. The van der Waals surface area contributed by atoms with Crippen molar-refractivity contribution in [2.24, 2.45) is 5.16 Å². The minimum atomic E-state index is 0.265. The molecule has 0 aliphatic rings. The summed E-state index contributed by atoms with van der Waals surface area (Å²) >= 11 is 5.71. The Bertz CT molecular complexity index is 340. The average molecular weight is 209 g/mol. The molecule has 0 atom stereocenters. The molecule has 0 saturated heterocycles. The Kier molecular flexibility index (Phi) is 4.53. The Morgan fingerprint density at radius 2 is 2.14 bits per heavy atom. The Morgan fingerprint density at radius 1 is 1.43 bits per heavy atom. The second-order valence-corrected chi connectivity index (χ2v) is 2.99. The van der Waals surface area contributed by atoms with Crippen LogP contribution in [-0.2, 0) is 11.4 Å². The smallest absolute Gasteiger partial charge is 0.142 e. The molecule has 0 aliphatic heterocycles. The summed E-state index contributed by atoms with van der Waals surface area (Å²) in [6.45, 7) is 0.388. The fraction of sp³-hybridized carbons (Fsp3) is 0.200. The number of oxime groups is 1. The number of halogens is 1. The molecule has 0 saturated carbocycles. The molecule has 0 bridgehead atoms. The number of benzene rings is 1. The summed E-state index contributed by atoms with van der Waals surface area (Å²) in [7, 11) is 0. The molecule has 0 N–H and O–H groups in total. The van der Waals surface area contributed by atoms with E-state index in [0.717, 1.165) is 5.56 Å². The molecular weight excluding hydrogens is 200 g/mol. The van der Waals surface area contributed by atoms with E-state index in [1.807, 2.05) is 18.2 Å². The molecule has 0 fully saturated rings. The average Bonchev–Trinajstić information content (AvgIpc) is 2.21. The zero-order valence-corrected chi connectivity index (χ0v) is 8.24. The van der Waals surface area contributed by atoms with Crippen LogP contribution in [0.3, 0.4) is 0 Å². The maximum Gasteiger partial charge on any atom is 0.142 e. The lowest BCUT2D eigenvalue weighted by atomic mass is 10.2. The van der Waals surface area contributed by atoms with Crippen LogP contribution < -0.4 is 0 Å². The highest BCUT2D eigenvalue weighted by molar-refractivity contribution is 6.30. The zero-order chi connectivity index (χ0) is 10.2. The lowest BCUT2D eigenvalue weighted by Gasteiger charge is -1.98. The molecule has 0 spiro atoms. The summed E-state index contributed by atoms with van der Waals surface area (Å²) in [5.41, 5.74) is 0.989. The normalized spacial score (nSPS) is 10.0. The fourth-order valence-electron chi connectivity index (χ4n) is 0.823. The van der Waals surface area contributed by atoms with E-state index >= 15 is 0 Å². The summed E-state index contributed by atoms with van der Waals surface area (Å²) < 4.78 is 0. The Hall–Kier alpha value is -1.53. The van der Waals surface area contributed by atoms with E-state index in [-0.39, 0.29) is 6.42 Å². The van der Waals surface area contributed by atoms with Crippen LogP contribution in [0.15, 0.2) is 29.4 Å². The number of rotatable bonds is 4. The summed E-state index contributed by atoms with van der Waals surface area (Å²) in [4.78, 5) is 4.94. The second-order valence-electron chi connectivity index (χ2n) is 2.55. The van der Waals surface area contributed by atoms with Gasteiger partial charge in [0.15, 0.2) is 0 Å². The molecule has 0 unspecified atom stereocenters. The number of hydrogen-bond donors (Lipinski definition) is 0. The van der Waals surface area contributed by atoms with E-state index in [1.54, 1.807) is 12.1 Å². The second kappa shape index (κ2) is 6.01. The molecule has 1 aromatic rings. The van der Waals surface area contributed by atoms with Gasteiger partial charge < -0.3 is 4.84 Å². The van der Waals surface area contributed by atoms with Gasteiger partial charge in [-0.25, -0.2) is 0 Å². The first-order valence-electron chi connectivity index (χ1n) is 4.08. The van der Waals surface area contributed by atoms with E-state index in [2.05, 4.69) is 5.16 Å². The third-order valence-corrected chi connectivity index (χ3v) is 1.73. The van der Waals surface area contributed by atoms with E-state index in [4.69, 9.17) is 21.7 Å². The predicted molar refractivity (Wildman–Crippen MR) is 55.0 cm³/mol. The van der Waals surface area contributed by atoms with Crippen LogP contribution in [0.5, 0.6) is 0 Å². The van der Waals surface area contributed by atoms with Crippen molar-refractivity contribution in [1.29, 1.82) is 5.26 Å². The van der Waals surface area contributed by atoms with Crippen LogP contribution in [-0.4, -0.2) is 6.21 Å². The van der Waals surface area contributed by atoms with Gasteiger partial charge in [0, 0.05) is 5.02 Å². The Balaban J connectivity index is 2.32. The quantitative estimate of drug-likeness (QED) is 0.564. The van der Waals surface area contributed by atoms with Crippen LogP contribution in [0.4, 0.5) is 0 Å². The van der Waals surface area contributed by atoms with Crippen LogP contribution in [0.1, 0.15) is 12.0 Å². The lowest BCUT2D eigenvalue weighted by molar-refractivity contribution is 0.131. The van der Waals surface area contributed by atoms with E-state index < -0.39 is 0 Å². The molecule has 3 nitrogen and oxygen atoms in total. The van der Waals surface area contributed by atoms with Crippen LogP contribution in [0.2, 0.25) is 5.02 Å². The molecule has 0 amide bonds. The SMILES string of the molecule is N#CC/C=N/OCc1ccc(Cl)cc1. The van der Waals surface area contributed by atoms with Gasteiger partial charge in [0.1, 0.15) is 6.61 Å². The molecule has 0 heterocycles. The van der Waals surface area contributed by atoms with Gasteiger partial charge in [-0.1, -0.05) is 28.9 Å². The largest absolute Gasteiger partial charge is 0.391 e. The lowest BCUT2D eigenvalue weighted by Crippen LogP contribution is -1.86. The van der Waals surface area contributed by atoms with Crippen molar-refractivity contribution < 1.29 is 4.84 Å². The minimum Gasteiger partial charge on any atom is -0.391 e. The molecule has 72 valence electrons. The molecule has 0 aliphatic carbocycles. The summed E-state index contributed by atoms with van der Waals surface area (Å²) in [6, 6.07) is 9.24. The zero-order valence-electron chi connectivity index (χ0n) is 7.48. The van der Waals surface area contributed by atoms with Crippen LogP contribution in [0, 0.1) is 11.3 Å². The molecule has 0 radical (unpaired) electrons. The monoisotopic (exact) mass is 208 g/mol. The fourth-order valence-corrected chi connectivity index (χ4v) is 0.949. The highest BCUT2D eigenvalue weighted by atomic mass is 35.5. The Labute approximate surface area is 87.5 Å². The number of nitrogens with zero attached hydrogens (tertiary/aromatic N) is 2. The van der Waals surface area contributed by atoms with Gasteiger partial charge in [-0.15, -0.1) is 0 Å². The van der Waals surface area contributed by atoms with Crippen molar-refractivity contribution >= 4 is 17.8 Å². The molecule has 1 rings (SSSR count). The van der Waals surface area contributed by atoms with Crippen molar-refractivity contribution in [3.05, 3.63) is 34.9 Å². The van der Waals surface area contributed by atoms with Gasteiger partial charge in [0.25, 0.3) is 0 Å². The van der Waals surface area contributed by atoms with Gasteiger partial charge >= 0.3 is 0 Å². The van der Waals surface area contributed by atoms with Crippen molar-refractivity contribution in [2.45, 2.75) is 13.0 Å². The van der Waals surface area contributed by atoms with Gasteiger partial charge in [0.2, 0.25) is 0 Å². The molecule has 14 heavy (non-hydrogen) atoms. The topological polar surface area (TPSA) is 45.4 Å². The van der Waals surface area contributed by atoms with E-state index in [9.17, 15) is 0 Å². The summed E-state index contributed by atoms with van der Waals surface area (Å²) in [5, 5.41) is 12.5. The van der Waals surface area contributed by atoms with Crippen LogP contribution >= 0.6 is 11.6 Å². The first kappa shape index (κ1) is 10.6. The standard InChI is InChI=1S/C10H9ClN2O/c11-10-4-2-9(3-5-10)8-14-13-7-1-6-12/h2-5,7H,1,8H2/b13-7+. The first-order valence-corrected chi connectivity index (χ1v) is 4.46. The number of nitriles is 1. The summed E-state index contributed by atoms with van der Waals surface area (Å²) in [6.07, 6.45) is 1.69. The van der Waals surface area contributed by atoms with Gasteiger partial charge in [-0.3, -0.25) is 0 Å². The van der Waals surface area contributed by atoms with Gasteiger partial charge in [0.05, 0.1) is 18.7 Å². The highest BCUT2D eigenvalue weighted by Crippen LogP contribution is 2.10. The first-order chi connectivity index (χ1) is 6.83. The van der Waals surface area contributed by atoms with E-state index in [0.29, 0.717) is 11.6 Å². The maximum atomic E-state index is 8.20. The molecule has 1 aromatic carbocycles. The Morgan fingerprint density at radius 3 is 2.79 bits per heavy atom. The minimum absolute atomic E-state index is 0.265. The van der Waals surface area contributed by atoms with Gasteiger partial charge in [-0.2, -0.15) is 5.26 Å². The van der Waals surface area contributed by atoms with Gasteiger partial charge in [-0.05, 0) is 17.7 Å². The molecular formula is C10H9ClN2O. The summed E-state index contributed by atoms with van der Waals surface area (Å²) in [5.74, 6) is 0.